The predicted molar refractivity (Wildman–Crippen MR) is 60.4 cm³/mol. The summed E-state index contributed by atoms with van der Waals surface area (Å²) in [6.07, 6.45) is 4.13. The highest BCUT2D eigenvalue weighted by molar-refractivity contribution is 5.11. The summed E-state index contributed by atoms with van der Waals surface area (Å²) in [5.41, 5.74) is -0.331. The minimum Gasteiger partial charge on any atom is -0.378 e. The Labute approximate surface area is 92.8 Å². The first kappa shape index (κ1) is 12.5. The molecule has 0 aromatic rings. The third kappa shape index (κ3) is 3.48. The molecule has 1 aliphatic rings. The fourth-order valence-electron chi connectivity index (χ4n) is 2.00. The second-order valence-electron chi connectivity index (χ2n) is 4.86. The van der Waals surface area contributed by atoms with Crippen LogP contribution in [0.3, 0.4) is 0 Å². The van der Waals surface area contributed by atoms with Crippen molar-refractivity contribution in [1.82, 2.24) is 5.32 Å². The molecule has 2 unspecified atom stereocenters. The van der Waals surface area contributed by atoms with Gasteiger partial charge in [0.15, 0.2) is 0 Å². The summed E-state index contributed by atoms with van der Waals surface area (Å²) in [6, 6.07) is 2.37. The SMILES string of the molecule is CNC1(C#N)CCC(OCCC(C)C)C1. The molecule has 0 aromatic heterocycles. The van der Waals surface area contributed by atoms with Crippen LogP contribution in [0.1, 0.15) is 39.5 Å². The van der Waals surface area contributed by atoms with Crippen LogP contribution in [0, 0.1) is 17.2 Å². The standard InChI is InChI=1S/C12H22N2O/c1-10(2)5-7-15-11-4-6-12(8-11,9-13)14-3/h10-11,14H,4-8H2,1-3H3. The molecule has 1 saturated carbocycles. The molecule has 86 valence electrons. The van der Waals surface area contributed by atoms with Gasteiger partial charge < -0.3 is 10.1 Å². The Morgan fingerprint density at radius 3 is 2.80 bits per heavy atom. The molecule has 0 aliphatic heterocycles. The van der Waals surface area contributed by atoms with Gasteiger partial charge in [0.25, 0.3) is 0 Å². The summed E-state index contributed by atoms with van der Waals surface area (Å²) in [5.74, 6) is 0.691. The van der Waals surface area contributed by atoms with E-state index in [1.54, 1.807) is 0 Å². The molecule has 0 radical (unpaired) electrons. The second-order valence-corrected chi connectivity index (χ2v) is 4.86. The maximum atomic E-state index is 9.08. The average molecular weight is 210 g/mol. The molecule has 0 heterocycles. The first-order valence-corrected chi connectivity index (χ1v) is 5.83. The number of rotatable bonds is 5. The van der Waals surface area contributed by atoms with Crippen molar-refractivity contribution in [3.63, 3.8) is 0 Å². The largest absolute Gasteiger partial charge is 0.378 e. The molecule has 0 bridgehead atoms. The Balaban J connectivity index is 2.28. The van der Waals surface area contributed by atoms with Crippen LogP contribution in [0.15, 0.2) is 0 Å². The predicted octanol–water partition coefficient (Wildman–Crippen LogP) is 2.08. The van der Waals surface area contributed by atoms with E-state index >= 15 is 0 Å². The first-order chi connectivity index (χ1) is 7.12. The van der Waals surface area contributed by atoms with Gasteiger partial charge in [-0.1, -0.05) is 13.8 Å². The molecule has 1 fully saturated rings. The Morgan fingerprint density at radius 1 is 1.60 bits per heavy atom. The summed E-state index contributed by atoms with van der Waals surface area (Å²) in [6.45, 7) is 5.23. The van der Waals surface area contributed by atoms with Crippen molar-refractivity contribution in [1.29, 1.82) is 5.26 Å². The van der Waals surface area contributed by atoms with Gasteiger partial charge in [-0.05, 0) is 32.2 Å². The lowest BCUT2D eigenvalue weighted by Gasteiger charge is -2.20. The van der Waals surface area contributed by atoms with Crippen molar-refractivity contribution < 1.29 is 4.74 Å². The van der Waals surface area contributed by atoms with Gasteiger partial charge in [0, 0.05) is 13.0 Å². The smallest absolute Gasteiger partial charge is 0.109 e. The number of hydrogen-bond acceptors (Lipinski definition) is 3. The highest BCUT2D eigenvalue weighted by Gasteiger charge is 2.38. The molecule has 1 aliphatic carbocycles. The fraction of sp³-hybridized carbons (Fsp3) is 0.917. The van der Waals surface area contributed by atoms with Gasteiger partial charge >= 0.3 is 0 Å². The highest BCUT2D eigenvalue weighted by Crippen LogP contribution is 2.31. The minimum absolute atomic E-state index is 0.274. The van der Waals surface area contributed by atoms with Crippen LogP contribution in [-0.4, -0.2) is 25.3 Å². The van der Waals surface area contributed by atoms with Gasteiger partial charge in [0.2, 0.25) is 0 Å². The van der Waals surface area contributed by atoms with Gasteiger partial charge in [0.05, 0.1) is 12.2 Å². The summed E-state index contributed by atoms with van der Waals surface area (Å²) in [7, 11) is 1.86. The van der Waals surface area contributed by atoms with E-state index in [2.05, 4.69) is 25.2 Å². The van der Waals surface area contributed by atoms with E-state index in [4.69, 9.17) is 10.00 Å². The number of nitrogens with one attached hydrogen (secondary N) is 1. The summed E-state index contributed by atoms with van der Waals surface area (Å²) >= 11 is 0. The minimum atomic E-state index is -0.331. The van der Waals surface area contributed by atoms with Crippen LogP contribution in [0.4, 0.5) is 0 Å². The molecular weight excluding hydrogens is 188 g/mol. The molecule has 3 nitrogen and oxygen atoms in total. The molecule has 2 atom stereocenters. The molecule has 3 heteroatoms. The molecule has 0 spiro atoms. The summed E-state index contributed by atoms with van der Waals surface area (Å²) in [5, 5.41) is 12.2. The van der Waals surface area contributed by atoms with Crippen molar-refractivity contribution in [2.24, 2.45) is 5.92 Å². The molecule has 1 rings (SSSR count). The van der Waals surface area contributed by atoms with Crippen molar-refractivity contribution in [3.8, 4) is 6.07 Å². The Hall–Kier alpha value is -0.590. The van der Waals surface area contributed by atoms with Crippen LogP contribution in [0.2, 0.25) is 0 Å². The van der Waals surface area contributed by atoms with Gasteiger partial charge in [-0.25, -0.2) is 0 Å². The van der Waals surface area contributed by atoms with Crippen molar-refractivity contribution in [3.05, 3.63) is 0 Å². The first-order valence-electron chi connectivity index (χ1n) is 5.83. The third-order valence-corrected chi connectivity index (χ3v) is 3.21. The fourth-order valence-corrected chi connectivity index (χ4v) is 2.00. The monoisotopic (exact) mass is 210 g/mol. The van der Waals surface area contributed by atoms with Crippen LogP contribution >= 0.6 is 0 Å². The van der Waals surface area contributed by atoms with Gasteiger partial charge in [-0.2, -0.15) is 5.26 Å². The summed E-state index contributed by atoms with van der Waals surface area (Å²) < 4.78 is 5.78. The summed E-state index contributed by atoms with van der Waals surface area (Å²) in [4.78, 5) is 0. The maximum absolute atomic E-state index is 9.08. The average Bonchev–Trinajstić information content (AvgIpc) is 2.62. The number of ether oxygens (including phenoxy) is 1. The van der Waals surface area contributed by atoms with E-state index in [9.17, 15) is 0 Å². The van der Waals surface area contributed by atoms with Crippen molar-refractivity contribution >= 4 is 0 Å². The van der Waals surface area contributed by atoms with Crippen LogP contribution in [0.25, 0.3) is 0 Å². The molecule has 0 amide bonds. The van der Waals surface area contributed by atoms with E-state index in [0.717, 1.165) is 32.3 Å². The Bertz CT molecular complexity index is 234. The van der Waals surface area contributed by atoms with Crippen LogP contribution in [0.5, 0.6) is 0 Å². The van der Waals surface area contributed by atoms with Crippen LogP contribution in [-0.2, 0) is 4.74 Å². The molecular formula is C12H22N2O. The van der Waals surface area contributed by atoms with Gasteiger partial charge in [-0.3, -0.25) is 0 Å². The normalized spacial score (nSPS) is 30.7. The third-order valence-electron chi connectivity index (χ3n) is 3.21. The second kappa shape index (κ2) is 5.48. The lowest BCUT2D eigenvalue weighted by Crippen LogP contribution is -2.39. The molecule has 1 N–H and O–H groups in total. The Kier molecular flexibility index (Phi) is 4.56. The molecule has 0 saturated heterocycles. The quantitative estimate of drug-likeness (QED) is 0.755. The van der Waals surface area contributed by atoms with Crippen LogP contribution < -0.4 is 5.32 Å². The number of nitriles is 1. The van der Waals surface area contributed by atoms with E-state index < -0.39 is 0 Å². The highest BCUT2D eigenvalue weighted by atomic mass is 16.5. The lowest BCUT2D eigenvalue weighted by molar-refractivity contribution is 0.0482. The molecule has 15 heavy (non-hydrogen) atoms. The molecule has 0 aromatic carbocycles. The maximum Gasteiger partial charge on any atom is 0.109 e. The van der Waals surface area contributed by atoms with E-state index in [-0.39, 0.29) is 11.6 Å². The van der Waals surface area contributed by atoms with E-state index in [0.29, 0.717) is 5.92 Å². The van der Waals surface area contributed by atoms with Gasteiger partial charge in [0.1, 0.15) is 5.54 Å². The van der Waals surface area contributed by atoms with E-state index in [1.165, 1.54) is 0 Å². The number of hydrogen-bond donors (Lipinski definition) is 1. The van der Waals surface area contributed by atoms with E-state index in [1.807, 2.05) is 7.05 Å². The topological polar surface area (TPSA) is 45.0 Å². The van der Waals surface area contributed by atoms with Gasteiger partial charge in [-0.15, -0.1) is 0 Å². The number of nitrogens with zero attached hydrogens (tertiary/aromatic N) is 1. The Morgan fingerprint density at radius 2 is 2.33 bits per heavy atom. The lowest BCUT2D eigenvalue weighted by atomic mass is 10.0. The zero-order valence-electron chi connectivity index (χ0n) is 10.0. The zero-order valence-corrected chi connectivity index (χ0v) is 10.0. The zero-order chi connectivity index (χ0) is 11.3. The van der Waals surface area contributed by atoms with Crippen molar-refractivity contribution in [2.45, 2.75) is 51.2 Å². The van der Waals surface area contributed by atoms with Crippen molar-refractivity contribution in [2.75, 3.05) is 13.7 Å².